The molecule has 1 aliphatic heterocycles. The summed E-state index contributed by atoms with van der Waals surface area (Å²) in [7, 11) is -3.03. The summed E-state index contributed by atoms with van der Waals surface area (Å²) in [5, 5.41) is 0. The number of fused-ring (bicyclic) bond motifs is 1. The summed E-state index contributed by atoms with van der Waals surface area (Å²) in [5.74, 6) is 0.878. The number of hydrogen-bond donors (Lipinski definition) is 2. The summed E-state index contributed by atoms with van der Waals surface area (Å²) in [4.78, 5) is 8.80. The highest BCUT2D eigenvalue weighted by Crippen LogP contribution is 2.37. The molecule has 0 fully saturated rings. The molecule has 8 heteroatoms. The van der Waals surface area contributed by atoms with Gasteiger partial charge in [-0.25, -0.2) is 4.57 Å². The molecule has 2 rings (SSSR count). The van der Waals surface area contributed by atoms with Crippen LogP contribution in [0.1, 0.15) is 38.8 Å². The molecule has 3 unspecified atom stereocenters. The molecule has 0 aromatic heterocycles. The van der Waals surface area contributed by atoms with E-state index in [1.165, 1.54) is 0 Å². The predicted octanol–water partition coefficient (Wildman–Crippen LogP) is 2.32. The summed E-state index contributed by atoms with van der Waals surface area (Å²) < 4.78 is 36.1. The maximum absolute atomic E-state index is 12.2. The molecule has 2 N–H and O–H groups in total. The SMILES string of the molecule is CC(C)(C)[S+]([O-])NC1CCOc2cc(O[PH](=O)O)ccc21. The minimum atomic E-state index is -3.03. The zero-order valence-corrected chi connectivity index (χ0v) is 14.0. The Morgan fingerprint density at radius 2 is 2.24 bits per heavy atom. The highest BCUT2D eigenvalue weighted by atomic mass is 32.2. The molecule has 0 radical (unpaired) electrons. The second kappa shape index (κ2) is 6.58. The lowest BCUT2D eigenvalue weighted by molar-refractivity contribution is 0.261. The molecule has 3 atom stereocenters. The maximum atomic E-state index is 12.2. The molecule has 1 aromatic rings. The largest absolute Gasteiger partial charge is 0.598 e. The van der Waals surface area contributed by atoms with Gasteiger partial charge < -0.3 is 18.7 Å². The Morgan fingerprint density at radius 3 is 2.86 bits per heavy atom. The van der Waals surface area contributed by atoms with E-state index in [9.17, 15) is 9.12 Å². The summed E-state index contributed by atoms with van der Waals surface area (Å²) in [6.07, 6.45) is 0.714. The normalized spacial score (nSPS) is 21.1. The highest BCUT2D eigenvalue weighted by molar-refractivity contribution is 7.90. The Morgan fingerprint density at radius 1 is 1.52 bits per heavy atom. The van der Waals surface area contributed by atoms with Gasteiger partial charge in [0.2, 0.25) is 0 Å². The summed E-state index contributed by atoms with van der Waals surface area (Å²) in [6.45, 7) is 6.22. The molecule has 0 saturated heterocycles. The Labute approximate surface area is 128 Å². The van der Waals surface area contributed by atoms with Crippen molar-refractivity contribution in [3.8, 4) is 11.5 Å². The first kappa shape index (κ1) is 16.6. The van der Waals surface area contributed by atoms with Crippen LogP contribution in [0.2, 0.25) is 0 Å². The molecule has 0 amide bonds. The number of rotatable bonds is 4. The lowest BCUT2D eigenvalue weighted by Gasteiger charge is -2.31. The van der Waals surface area contributed by atoms with Gasteiger partial charge in [-0.3, -0.25) is 0 Å². The number of hydrogen-bond acceptors (Lipinski definition) is 5. The van der Waals surface area contributed by atoms with Crippen molar-refractivity contribution < 1.29 is 23.3 Å². The van der Waals surface area contributed by atoms with Crippen LogP contribution in [0.4, 0.5) is 0 Å². The maximum Gasteiger partial charge on any atom is 0.365 e. The van der Waals surface area contributed by atoms with Crippen molar-refractivity contribution in [2.75, 3.05) is 6.61 Å². The number of nitrogens with one attached hydrogen (secondary N) is 1. The van der Waals surface area contributed by atoms with E-state index in [1.54, 1.807) is 18.2 Å². The molecule has 1 heterocycles. The van der Waals surface area contributed by atoms with Crippen LogP contribution in [0.5, 0.6) is 11.5 Å². The van der Waals surface area contributed by atoms with Crippen LogP contribution in [-0.4, -0.2) is 20.8 Å². The molecular formula is C13H20NO5PS. The van der Waals surface area contributed by atoms with E-state index in [0.717, 1.165) is 5.56 Å². The molecule has 0 saturated carbocycles. The van der Waals surface area contributed by atoms with Gasteiger partial charge in [0, 0.05) is 29.4 Å². The zero-order valence-electron chi connectivity index (χ0n) is 12.2. The minimum Gasteiger partial charge on any atom is -0.598 e. The van der Waals surface area contributed by atoms with Gasteiger partial charge in [0.1, 0.15) is 16.2 Å². The van der Waals surface area contributed by atoms with E-state index in [-0.39, 0.29) is 16.5 Å². The van der Waals surface area contributed by atoms with Gasteiger partial charge in [0.15, 0.2) is 0 Å². The summed E-state index contributed by atoms with van der Waals surface area (Å²) in [5.41, 5.74) is 0.879. The second-order valence-electron chi connectivity index (χ2n) is 5.76. The van der Waals surface area contributed by atoms with Gasteiger partial charge in [0.05, 0.1) is 12.6 Å². The molecular weight excluding hydrogens is 313 g/mol. The van der Waals surface area contributed by atoms with Crippen molar-refractivity contribution in [2.45, 2.75) is 38.0 Å². The van der Waals surface area contributed by atoms with Crippen molar-refractivity contribution >= 4 is 19.6 Å². The van der Waals surface area contributed by atoms with Gasteiger partial charge in [-0.15, -0.1) is 4.72 Å². The lowest BCUT2D eigenvalue weighted by atomic mass is 10.0. The van der Waals surface area contributed by atoms with Crippen LogP contribution in [0.15, 0.2) is 18.2 Å². The average molecular weight is 333 g/mol. The first-order valence-electron chi connectivity index (χ1n) is 6.63. The van der Waals surface area contributed by atoms with Crippen LogP contribution >= 0.6 is 8.25 Å². The third-order valence-corrected chi connectivity index (χ3v) is 5.06. The van der Waals surface area contributed by atoms with Crippen molar-refractivity contribution in [1.29, 1.82) is 0 Å². The lowest BCUT2D eigenvalue weighted by Crippen LogP contribution is -2.42. The summed E-state index contributed by atoms with van der Waals surface area (Å²) in [6, 6.07) is 4.89. The van der Waals surface area contributed by atoms with Gasteiger partial charge >= 0.3 is 8.25 Å². The van der Waals surface area contributed by atoms with Crippen LogP contribution in [0, 0.1) is 0 Å². The zero-order chi connectivity index (χ0) is 15.6. The van der Waals surface area contributed by atoms with E-state index < -0.39 is 19.6 Å². The van der Waals surface area contributed by atoms with Gasteiger partial charge in [-0.2, -0.15) is 0 Å². The molecule has 1 aromatic carbocycles. The average Bonchev–Trinajstić information content (AvgIpc) is 2.36. The fourth-order valence-corrected chi connectivity index (χ4v) is 3.15. The first-order chi connectivity index (χ1) is 9.77. The Bertz CT molecular complexity index is 534. The predicted molar refractivity (Wildman–Crippen MR) is 82.2 cm³/mol. The van der Waals surface area contributed by atoms with E-state index in [2.05, 4.69) is 4.72 Å². The third-order valence-electron chi connectivity index (χ3n) is 3.04. The Balaban J connectivity index is 2.18. The van der Waals surface area contributed by atoms with E-state index in [0.29, 0.717) is 18.8 Å². The van der Waals surface area contributed by atoms with E-state index >= 15 is 0 Å². The minimum absolute atomic E-state index is 0.0750. The monoisotopic (exact) mass is 333 g/mol. The molecule has 0 bridgehead atoms. The van der Waals surface area contributed by atoms with Gasteiger partial charge in [-0.1, -0.05) is 0 Å². The van der Waals surface area contributed by atoms with Crippen LogP contribution < -0.4 is 14.0 Å². The topological polar surface area (TPSA) is 90.9 Å². The van der Waals surface area contributed by atoms with Crippen molar-refractivity contribution in [1.82, 2.24) is 4.72 Å². The van der Waals surface area contributed by atoms with E-state index in [4.69, 9.17) is 14.2 Å². The number of benzene rings is 1. The molecule has 21 heavy (non-hydrogen) atoms. The molecule has 118 valence electrons. The van der Waals surface area contributed by atoms with Crippen LogP contribution in [0.25, 0.3) is 0 Å². The first-order valence-corrected chi connectivity index (χ1v) is 9.04. The van der Waals surface area contributed by atoms with Gasteiger partial charge in [0.25, 0.3) is 0 Å². The Hall–Kier alpha value is -0.720. The van der Waals surface area contributed by atoms with Crippen molar-refractivity contribution in [3.63, 3.8) is 0 Å². The molecule has 0 aliphatic carbocycles. The van der Waals surface area contributed by atoms with E-state index in [1.807, 2.05) is 20.8 Å². The van der Waals surface area contributed by atoms with Gasteiger partial charge in [-0.05, 0) is 32.9 Å². The van der Waals surface area contributed by atoms with Crippen molar-refractivity contribution in [3.05, 3.63) is 23.8 Å². The summed E-state index contributed by atoms with van der Waals surface area (Å²) >= 11 is -1.18. The highest BCUT2D eigenvalue weighted by Gasteiger charge is 2.32. The van der Waals surface area contributed by atoms with Crippen LogP contribution in [0.3, 0.4) is 0 Å². The molecule has 1 aliphatic rings. The van der Waals surface area contributed by atoms with Crippen molar-refractivity contribution in [2.24, 2.45) is 0 Å². The smallest absolute Gasteiger partial charge is 0.365 e. The fraction of sp³-hybridized carbons (Fsp3) is 0.538. The standard InChI is InChI=1S/C13H20NO5PS/c1-13(2,3)21(17)14-11-6-7-18-12-8-9(19-20(15)16)4-5-10(11)12/h4-5,8,11,14,20H,6-7H2,1-3H3,(H,15,16). The molecule has 6 nitrogen and oxygen atoms in total. The quantitative estimate of drug-likeness (QED) is 0.649. The second-order valence-corrected chi connectivity index (χ2v) is 8.49. The number of ether oxygens (including phenoxy) is 1. The fourth-order valence-electron chi connectivity index (χ4n) is 1.96. The Kier molecular flexibility index (Phi) is 5.22. The van der Waals surface area contributed by atoms with Crippen LogP contribution in [-0.2, 0) is 15.9 Å². The third kappa shape index (κ3) is 4.37. The molecule has 0 spiro atoms.